The summed E-state index contributed by atoms with van der Waals surface area (Å²) >= 11 is 12.2. The molecule has 0 spiro atoms. The first-order valence-corrected chi connectivity index (χ1v) is 14.1. The molecule has 2 aromatic carbocycles. The predicted molar refractivity (Wildman–Crippen MR) is 144 cm³/mol. The molecule has 0 unspecified atom stereocenters. The minimum absolute atomic E-state index is 0.0452. The second-order valence-electron chi connectivity index (χ2n) is 8.80. The van der Waals surface area contributed by atoms with Gasteiger partial charge < -0.3 is 15.0 Å². The van der Waals surface area contributed by atoms with Gasteiger partial charge in [0.15, 0.2) is 0 Å². The van der Waals surface area contributed by atoms with Gasteiger partial charge in [-0.1, -0.05) is 50.0 Å². The topological polar surface area (TPSA) is 96.0 Å². The summed E-state index contributed by atoms with van der Waals surface area (Å²) in [6, 6.07) is 10.5. The summed E-state index contributed by atoms with van der Waals surface area (Å²) in [6.07, 6.45) is 1.36. The number of carbonyl (C=O) groups is 2. The summed E-state index contributed by atoms with van der Waals surface area (Å²) in [4.78, 5) is 28.1. The van der Waals surface area contributed by atoms with E-state index in [1.807, 2.05) is 13.8 Å². The number of methoxy groups -OCH3 is 1. The molecule has 0 bridgehead atoms. The van der Waals surface area contributed by atoms with Gasteiger partial charge in [-0.3, -0.25) is 13.9 Å². The maximum Gasteiger partial charge on any atom is 0.244 e. The van der Waals surface area contributed by atoms with Gasteiger partial charge >= 0.3 is 0 Å². The summed E-state index contributed by atoms with van der Waals surface area (Å²) in [5, 5.41) is 3.56. The number of anilines is 1. The van der Waals surface area contributed by atoms with Gasteiger partial charge in [0.2, 0.25) is 21.8 Å². The van der Waals surface area contributed by atoms with Crippen molar-refractivity contribution in [2.45, 2.75) is 39.8 Å². The fourth-order valence-electron chi connectivity index (χ4n) is 3.54. The third-order valence-electron chi connectivity index (χ3n) is 5.45. The number of hydrogen-bond donors (Lipinski definition) is 1. The molecule has 0 aliphatic heterocycles. The highest BCUT2D eigenvalue weighted by molar-refractivity contribution is 7.92. The van der Waals surface area contributed by atoms with Crippen LogP contribution in [0.1, 0.15) is 32.8 Å². The second kappa shape index (κ2) is 13.2. The first-order chi connectivity index (χ1) is 16.9. The lowest BCUT2D eigenvalue weighted by Crippen LogP contribution is -2.52. The average molecular weight is 559 g/mol. The van der Waals surface area contributed by atoms with Crippen molar-refractivity contribution >= 4 is 50.7 Å². The van der Waals surface area contributed by atoms with E-state index in [9.17, 15) is 18.0 Å². The molecule has 1 N–H and O–H groups in total. The van der Waals surface area contributed by atoms with Crippen LogP contribution in [0.4, 0.5) is 5.69 Å². The molecule has 0 aliphatic rings. The molecule has 0 heterocycles. The van der Waals surface area contributed by atoms with E-state index in [2.05, 4.69) is 5.32 Å². The van der Waals surface area contributed by atoms with Crippen LogP contribution in [0.2, 0.25) is 10.0 Å². The highest BCUT2D eigenvalue weighted by Crippen LogP contribution is 2.25. The molecule has 36 heavy (non-hydrogen) atoms. The minimum Gasteiger partial charge on any atom is -0.497 e. The molecule has 1 atom stereocenters. The van der Waals surface area contributed by atoms with E-state index in [0.717, 1.165) is 10.6 Å². The number of nitrogens with zero attached hydrogens (tertiary/aromatic N) is 2. The predicted octanol–water partition coefficient (Wildman–Crippen LogP) is 4.35. The molecule has 0 aromatic heterocycles. The van der Waals surface area contributed by atoms with Crippen LogP contribution in [-0.2, 0) is 26.2 Å². The zero-order valence-electron chi connectivity index (χ0n) is 21.1. The van der Waals surface area contributed by atoms with E-state index >= 15 is 0 Å². The number of ether oxygens (including phenoxy) is 1. The lowest BCUT2D eigenvalue weighted by Gasteiger charge is -2.33. The minimum atomic E-state index is -3.82. The molecule has 198 valence electrons. The van der Waals surface area contributed by atoms with E-state index in [-0.39, 0.29) is 18.4 Å². The lowest BCUT2D eigenvalue weighted by atomic mass is 10.1. The van der Waals surface area contributed by atoms with E-state index in [1.165, 1.54) is 12.0 Å². The molecule has 11 heteroatoms. The second-order valence-corrected chi connectivity index (χ2v) is 11.5. The summed E-state index contributed by atoms with van der Waals surface area (Å²) in [6.45, 7) is 5.75. The van der Waals surface area contributed by atoms with Crippen LogP contribution in [0, 0.1) is 5.92 Å². The number of hydrogen-bond acceptors (Lipinski definition) is 5. The summed E-state index contributed by atoms with van der Waals surface area (Å²) in [5.74, 6) is -0.0713. The molecule has 0 radical (unpaired) electrons. The van der Waals surface area contributed by atoms with Crippen molar-refractivity contribution in [3.63, 3.8) is 0 Å². The first-order valence-electron chi connectivity index (χ1n) is 11.5. The Morgan fingerprint density at radius 3 is 2.19 bits per heavy atom. The summed E-state index contributed by atoms with van der Waals surface area (Å²) in [7, 11) is -2.32. The van der Waals surface area contributed by atoms with Gasteiger partial charge in [0.05, 0.1) is 29.1 Å². The Balaban J connectivity index is 2.43. The van der Waals surface area contributed by atoms with Gasteiger partial charge in [-0.2, -0.15) is 0 Å². The molecule has 8 nitrogen and oxygen atoms in total. The molecule has 2 aromatic rings. The summed E-state index contributed by atoms with van der Waals surface area (Å²) in [5.41, 5.74) is 0.960. The van der Waals surface area contributed by atoms with Crippen LogP contribution in [0.3, 0.4) is 0 Å². The van der Waals surface area contributed by atoms with Gasteiger partial charge in [-0.05, 0) is 54.3 Å². The zero-order valence-corrected chi connectivity index (χ0v) is 23.5. The van der Waals surface area contributed by atoms with Crippen molar-refractivity contribution in [3.8, 4) is 5.75 Å². The number of halogens is 2. The SMILES string of the molecule is CC[C@@H](C(=O)NCC(C)C)N(Cc1ccc(Cl)c(Cl)c1)C(=O)CN(c1ccc(OC)cc1)S(C)(=O)=O. The van der Waals surface area contributed by atoms with E-state index < -0.39 is 28.5 Å². The molecule has 0 saturated heterocycles. The van der Waals surface area contributed by atoms with Crippen LogP contribution in [0.15, 0.2) is 42.5 Å². The maximum absolute atomic E-state index is 13.7. The Morgan fingerprint density at radius 1 is 1.06 bits per heavy atom. The highest BCUT2D eigenvalue weighted by Gasteiger charge is 2.31. The standard InChI is InChI=1S/C25H33Cl2N3O5S/c1-6-23(25(32)28-14-17(2)3)29(15-18-7-12-21(26)22(27)13-18)24(31)16-30(36(5,33)34)19-8-10-20(35-4)11-9-19/h7-13,17,23H,6,14-16H2,1-5H3,(H,28,32)/t23-/m0/s1. The summed E-state index contributed by atoms with van der Waals surface area (Å²) < 4.78 is 31.4. The molecule has 0 saturated carbocycles. The smallest absolute Gasteiger partial charge is 0.244 e. The molecule has 2 amide bonds. The molecule has 0 fully saturated rings. The Labute approximate surface area is 223 Å². The van der Waals surface area contributed by atoms with E-state index in [0.29, 0.717) is 40.0 Å². The fourth-order valence-corrected chi connectivity index (χ4v) is 4.71. The number of amides is 2. The maximum atomic E-state index is 13.7. The number of sulfonamides is 1. The van der Waals surface area contributed by atoms with Crippen LogP contribution < -0.4 is 14.4 Å². The average Bonchev–Trinajstić information content (AvgIpc) is 2.82. The van der Waals surface area contributed by atoms with Gasteiger partial charge in [0, 0.05) is 13.1 Å². The van der Waals surface area contributed by atoms with Crippen molar-refractivity contribution in [3.05, 3.63) is 58.1 Å². The molecular weight excluding hydrogens is 525 g/mol. The Kier molecular flexibility index (Phi) is 10.9. The number of rotatable bonds is 12. The van der Waals surface area contributed by atoms with Crippen molar-refractivity contribution in [1.29, 1.82) is 0 Å². The normalized spacial score (nSPS) is 12.2. The number of benzene rings is 2. The van der Waals surface area contributed by atoms with Crippen LogP contribution >= 0.6 is 23.2 Å². The lowest BCUT2D eigenvalue weighted by molar-refractivity contribution is -0.140. The third kappa shape index (κ3) is 8.28. The Bertz CT molecular complexity index is 1160. The molecular formula is C25H33Cl2N3O5S. The highest BCUT2D eigenvalue weighted by atomic mass is 35.5. The Hall–Kier alpha value is -2.49. The van der Waals surface area contributed by atoms with Crippen molar-refractivity contribution < 1.29 is 22.7 Å². The van der Waals surface area contributed by atoms with Crippen molar-refractivity contribution in [2.24, 2.45) is 5.92 Å². The largest absolute Gasteiger partial charge is 0.497 e. The molecule has 0 aliphatic carbocycles. The number of carbonyl (C=O) groups excluding carboxylic acids is 2. The first kappa shape index (κ1) is 29.7. The quantitative estimate of drug-likeness (QED) is 0.418. The van der Waals surface area contributed by atoms with Crippen LogP contribution in [0.25, 0.3) is 0 Å². The van der Waals surface area contributed by atoms with E-state index in [4.69, 9.17) is 27.9 Å². The van der Waals surface area contributed by atoms with Gasteiger partial charge in [0.1, 0.15) is 18.3 Å². The fraction of sp³-hybridized carbons (Fsp3) is 0.440. The monoisotopic (exact) mass is 557 g/mol. The number of nitrogens with one attached hydrogen (secondary N) is 1. The van der Waals surface area contributed by atoms with Gasteiger partial charge in [0.25, 0.3) is 0 Å². The molecule has 2 rings (SSSR count). The van der Waals surface area contributed by atoms with Crippen molar-refractivity contribution in [1.82, 2.24) is 10.2 Å². The van der Waals surface area contributed by atoms with Crippen LogP contribution in [-0.4, -0.2) is 57.6 Å². The third-order valence-corrected chi connectivity index (χ3v) is 7.33. The van der Waals surface area contributed by atoms with Crippen LogP contribution in [0.5, 0.6) is 5.75 Å². The zero-order chi connectivity index (χ0) is 27.0. The van der Waals surface area contributed by atoms with E-state index in [1.54, 1.807) is 49.4 Å². The Morgan fingerprint density at radius 2 is 1.69 bits per heavy atom. The van der Waals surface area contributed by atoms with Gasteiger partial charge in [-0.25, -0.2) is 8.42 Å². The van der Waals surface area contributed by atoms with Crippen molar-refractivity contribution in [2.75, 3.05) is 30.8 Å². The van der Waals surface area contributed by atoms with Gasteiger partial charge in [-0.15, -0.1) is 0 Å².